The zero-order chi connectivity index (χ0) is 21.0. The van der Waals surface area contributed by atoms with Crippen molar-refractivity contribution in [3.63, 3.8) is 0 Å². The number of piperidine rings is 1. The first kappa shape index (κ1) is 22.2. The molecule has 1 heterocycles. The predicted octanol–water partition coefficient (Wildman–Crippen LogP) is 1.82. The molecule has 0 aromatic heterocycles. The van der Waals surface area contributed by atoms with Gasteiger partial charge in [-0.1, -0.05) is 25.0 Å². The van der Waals surface area contributed by atoms with Crippen molar-refractivity contribution in [2.75, 3.05) is 13.1 Å². The average molecular weight is 406 g/mol. The van der Waals surface area contributed by atoms with Gasteiger partial charge in [-0.3, -0.25) is 4.79 Å². The summed E-state index contributed by atoms with van der Waals surface area (Å²) in [5.41, 5.74) is 7.00. The van der Waals surface area contributed by atoms with Crippen molar-refractivity contribution >= 4 is 13.1 Å². The highest BCUT2D eigenvalue weighted by molar-refractivity contribution is 6.40. The zero-order valence-electron chi connectivity index (χ0n) is 16.9. The minimum atomic E-state index is -1.36. The Bertz CT molecular complexity index is 712. The summed E-state index contributed by atoms with van der Waals surface area (Å²) in [5.74, 6) is -1.21. The van der Waals surface area contributed by atoms with Gasteiger partial charge in [0.1, 0.15) is 11.4 Å². The number of carbonyl (C=O) groups is 1. The van der Waals surface area contributed by atoms with Crippen LogP contribution in [0, 0.1) is 11.7 Å². The number of carboxylic acid groups (broad SMARTS) is 1. The van der Waals surface area contributed by atoms with Crippen molar-refractivity contribution in [3.05, 3.63) is 35.1 Å². The number of aryl methyl sites for hydroxylation is 1. The fourth-order valence-electron chi connectivity index (χ4n) is 5.05. The lowest BCUT2D eigenvalue weighted by Gasteiger charge is -2.43. The van der Waals surface area contributed by atoms with Crippen LogP contribution in [-0.4, -0.2) is 57.8 Å². The van der Waals surface area contributed by atoms with E-state index in [4.69, 9.17) is 15.8 Å². The van der Waals surface area contributed by atoms with Gasteiger partial charge < -0.3 is 25.8 Å². The SMILES string of the molecule is NC(CCCCB(O)O)(C(=O)O)C1CCN(C2CCc3cccc(F)c3C2)CC1. The van der Waals surface area contributed by atoms with E-state index in [0.29, 0.717) is 44.6 Å². The molecule has 2 atom stereocenters. The second-order valence-corrected chi connectivity index (χ2v) is 8.66. The number of unbranched alkanes of at least 4 members (excludes halogenated alkanes) is 1. The Labute approximate surface area is 172 Å². The summed E-state index contributed by atoms with van der Waals surface area (Å²) >= 11 is 0. The minimum Gasteiger partial charge on any atom is -0.480 e. The molecule has 3 rings (SSSR count). The second kappa shape index (κ2) is 9.56. The first-order valence-electron chi connectivity index (χ1n) is 10.7. The fourth-order valence-corrected chi connectivity index (χ4v) is 5.05. The average Bonchev–Trinajstić information content (AvgIpc) is 2.71. The number of nitrogens with zero attached hydrogens (tertiary/aromatic N) is 1. The third kappa shape index (κ3) is 5.17. The van der Waals surface area contributed by atoms with E-state index in [-0.39, 0.29) is 18.1 Å². The number of aliphatic carboxylic acids is 1. The van der Waals surface area contributed by atoms with Gasteiger partial charge in [0, 0.05) is 6.04 Å². The predicted molar refractivity (Wildman–Crippen MR) is 110 cm³/mol. The van der Waals surface area contributed by atoms with Crippen LogP contribution in [0.2, 0.25) is 6.32 Å². The molecule has 5 N–H and O–H groups in total. The number of likely N-dealkylation sites (tertiary alicyclic amines) is 1. The van der Waals surface area contributed by atoms with E-state index in [0.717, 1.165) is 37.1 Å². The maximum atomic E-state index is 14.2. The maximum Gasteiger partial charge on any atom is 0.451 e. The lowest BCUT2D eigenvalue weighted by Crippen LogP contribution is -2.57. The number of hydrogen-bond acceptors (Lipinski definition) is 5. The smallest absolute Gasteiger partial charge is 0.451 e. The molecule has 160 valence electrons. The molecule has 1 saturated heterocycles. The normalized spacial score (nSPS) is 22.7. The molecule has 1 aliphatic carbocycles. The Balaban J connectivity index is 1.56. The second-order valence-electron chi connectivity index (χ2n) is 8.66. The van der Waals surface area contributed by atoms with Crippen molar-refractivity contribution in [1.82, 2.24) is 4.90 Å². The highest BCUT2D eigenvalue weighted by Gasteiger charge is 2.43. The number of hydrogen-bond donors (Lipinski definition) is 4. The van der Waals surface area contributed by atoms with Gasteiger partial charge in [-0.15, -0.1) is 0 Å². The van der Waals surface area contributed by atoms with Crippen LogP contribution in [0.5, 0.6) is 0 Å². The third-order valence-electron chi connectivity index (χ3n) is 6.88. The molecular weight excluding hydrogens is 374 g/mol. The number of benzene rings is 1. The first-order valence-corrected chi connectivity index (χ1v) is 10.7. The van der Waals surface area contributed by atoms with E-state index >= 15 is 0 Å². The molecule has 2 aliphatic rings. The first-order chi connectivity index (χ1) is 13.8. The van der Waals surface area contributed by atoms with Crippen LogP contribution in [0.3, 0.4) is 0 Å². The van der Waals surface area contributed by atoms with Crippen LogP contribution < -0.4 is 5.73 Å². The topological polar surface area (TPSA) is 107 Å². The number of fused-ring (bicyclic) bond motifs is 1. The molecule has 1 aromatic rings. The van der Waals surface area contributed by atoms with E-state index < -0.39 is 18.6 Å². The Kier molecular flexibility index (Phi) is 7.32. The molecule has 1 aromatic carbocycles. The molecule has 2 unspecified atom stereocenters. The van der Waals surface area contributed by atoms with Gasteiger partial charge in [0.2, 0.25) is 0 Å². The Morgan fingerprint density at radius 3 is 2.62 bits per heavy atom. The number of nitrogens with two attached hydrogens (primary N) is 1. The number of rotatable bonds is 8. The highest BCUT2D eigenvalue weighted by Crippen LogP contribution is 2.34. The summed E-state index contributed by atoms with van der Waals surface area (Å²) in [6.07, 6.45) is 5.67. The monoisotopic (exact) mass is 406 g/mol. The quantitative estimate of drug-likeness (QED) is 0.388. The van der Waals surface area contributed by atoms with Gasteiger partial charge in [0.15, 0.2) is 0 Å². The number of carboxylic acids is 1. The zero-order valence-corrected chi connectivity index (χ0v) is 16.9. The molecule has 8 heteroatoms. The lowest BCUT2D eigenvalue weighted by molar-refractivity contribution is -0.147. The fraction of sp³-hybridized carbons (Fsp3) is 0.667. The summed E-state index contributed by atoms with van der Waals surface area (Å²) in [7, 11) is -1.36. The summed E-state index contributed by atoms with van der Waals surface area (Å²) in [6.45, 7) is 1.56. The Morgan fingerprint density at radius 1 is 1.24 bits per heavy atom. The van der Waals surface area contributed by atoms with Crippen LogP contribution in [-0.2, 0) is 17.6 Å². The van der Waals surface area contributed by atoms with Crippen LogP contribution >= 0.6 is 0 Å². The maximum absolute atomic E-state index is 14.2. The minimum absolute atomic E-state index is 0.108. The van der Waals surface area contributed by atoms with Gasteiger partial charge in [-0.2, -0.15) is 0 Å². The molecule has 1 fully saturated rings. The largest absolute Gasteiger partial charge is 0.480 e. The van der Waals surface area contributed by atoms with Gasteiger partial charge in [0.05, 0.1) is 0 Å². The van der Waals surface area contributed by atoms with E-state index in [1.165, 1.54) is 6.07 Å². The summed E-state index contributed by atoms with van der Waals surface area (Å²) < 4.78 is 14.2. The van der Waals surface area contributed by atoms with Crippen LogP contribution in [0.1, 0.15) is 49.7 Å². The van der Waals surface area contributed by atoms with Gasteiger partial charge >= 0.3 is 13.1 Å². The summed E-state index contributed by atoms with van der Waals surface area (Å²) in [4.78, 5) is 14.3. The molecule has 29 heavy (non-hydrogen) atoms. The summed E-state index contributed by atoms with van der Waals surface area (Å²) in [6, 6.07) is 5.60. The molecule has 0 spiro atoms. The van der Waals surface area contributed by atoms with E-state index in [1.54, 1.807) is 6.07 Å². The molecular formula is C21H32BFN2O4. The Hall–Kier alpha value is -1.48. The molecule has 0 radical (unpaired) electrons. The van der Waals surface area contributed by atoms with E-state index in [2.05, 4.69) is 4.90 Å². The number of halogens is 1. The van der Waals surface area contributed by atoms with Crippen molar-refractivity contribution < 1.29 is 24.3 Å². The molecule has 0 bridgehead atoms. The van der Waals surface area contributed by atoms with Gasteiger partial charge in [-0.05, 0) is 81.0 Å². The van der Waals surface area contributed by atoms with E-state index in [1.807, 2.05) is 6.07 Å². The summed E-state index contributed by atoms with van der Waals surface area (Å²) in [5, 5.41) is 27.7. The van der Waals surface area contributed by atoms with Crippen LogP contribution in [0.25, 0.3) is 0 Å². The third-order valence-corrected chi connectivity index (χ3v) is 6.88. The molecule has 6 nitrogen and oxygen atoms in total. The van der Waals surface area contributed by atoms with Gasteiger partial charge in [0.25, 0.3) is 0 Å². The van der Waals surface area contributed by atoms with E-state index in [9.17, 15) is 14.3 Å². The lowest BCUT2D eigenvalue weighted by atomic mass is 9.73. The highest BCUT2D eigenvalue weighted by atomic mass is 19.1. The van der Waals surface area contributed by atoms with Crippen LogP contribution in [0.4, 0.5) is 4.39 Å². The van der Waals surface area contributed by atoms with Crippen molar-refractivity contribution in [2.45, 2.75) is 69.3 Å². The molecule has 0 amide bonds. The Morgan fingerprint density at radius 2 is 1.97 bits per heavy atom. The molecule has 0 saturated carbocycles. The standard InChI is InChI=1S/C21H32BFN2O4/c23-19-5-3-4-15-6-7-17(14-18(15)19)25-12-8-16(9-13-25)21(24,20(26)27)10-1-2-11-22(28)29/h3-5,16-17,28-29H,1-2,6-14,24H2,(H,26,27). The van der Waals surface area contributed by atoms with Crippen molar-refractivity contribution in [1.29, 1.82) is 0 Å². The van der Waals surface area contributed by atoms with Crippen molar-refractivity contribution in [2.24, 2.45) is 11.7 Å². The molecule has 1 aliphatic heterocycles. The van der Waals surface area contributed by atoms with Crippen molar-refractivity contribution in [3.8, 4) is 0 Å². The van der Waals surface area contributed by atoms with Crippen LogP contribution in [0.15, 0.2) is 18.2 Å². The van der Waals surface area contributed by atoms with Gasteiger partial charge in [-0.25, -0.2) is 4.39 Å².